The van der Waals surface area contributed by atoms with Gasteiger partial charge in [0.2, 0.25) is 5.60 Å². The minimum Gasteiger partial charge on any atom is -0.496 e. The fraction of sp³-hybridized carbons (Fsp3) is 0.400. The number of methoxy groups -OCH3 is 1. The minimum atomic E-state index is -4.92. The van der Waals surface area contributed by atoms with Crippen LogP contribution in [0.15, 0.2) is 18.2 Å². The Hall–Kier alpha value is -0.980. The zero-order valence-electron chi connectivity index (χ0n) is 8.88. The van der Waals surface area contributed by atoms with Gasteiger partial charge in [0, 0.05) is 17.1 Å². The third-order valence-electron chi connectivity index (χ3n) is 2.37. The summed E-state index contributed by atoms with van der Waals surface area (Å²) in [5.74, 6) is -0.125. The number of alkyl halides is 3. The van der Waals surface area contributed by atoms with Crippen LogP contribution < -0.4 is 10.5 Å². The molecule has 0 heterocycles. The molecule has 0 saturated carbocycles. The number of hydrogen-bond donors (Lipinski definition) is 2. The maximum atomic E-state index is 12.8. The number of nitrogens with two attached hydrogens (primary N) is 1. The molecule has 3 nitrogen and oxygen atoms in total. The molecule has 0 spiro atoms. The van der Waals surface area contributed by atoms with E-state index in [-0.39, 0.29) is 10.8 Å². The van der Waals surface area contributed by atoms with Crippen molar-refractivity contribution in [3.63, 3.8) is 0 Å². The van der Waals surface area contributed by atoms with E-state index in [1.54, 1.807) is 0 Å². The molecule has 0 radical (unpaired) electrons. The average molecular weight is 270 g/mol. The average Bonchev–Trinajstić information content (AvgIpc) is 2.26. The first-order chi connectivity index (χ1) is 7.76. The van der Waals surface area contributed by atoms with Crippen LogP contribution in [0, 0.1) is 0 Å². The van der Waals surface area contributed by atoms with Crippen LogP contribution in [0.25, 0.3) is 0 Å². The van der Waals surface area contributed by atoms with E-state index in [2.05, 4.69) is 0 Å². The summed E-state index contributed by atoms with van der Waals surface area (Å²) in [7, 11) is 1.19. The normalized spacial score (nSPS) is 15.5. The Morgan fingerprint density at radius 1 is 1.41 bits per heavy atom. The third kappa shape index (κ3) is 2.48. The molecule has 0 saturated heterocycles. The van der Waals surface area contributed by atoms with Crippen molar-refractivity contribution in [3.8, 4) is 5.75 Å². The fourth-order valence-corrected chi connectivity index (χ4v) is 1.55. The molecule has 1 atom stereocenters. The van der Waals surface area contributed by atoms with E-state index in [0.717, 1.165) is 6.07 Å². The summed E-state index contributed by atoms with van der Waals surface area (Å²) in [6.07, 6.45) is -4.92. The van der Waals surface area contributed by atoms with Crippen molar-refractivity contribution in [2.45, 2.75) is 11.8 Å². The Labute approximate surface area is 101 Å². The molecular formula is C10H11ClF3NO2. The van der Waals surface area contributed by atoms with E-state index in [1.807, 2.05) is 0 Å². The van der Waals surface area contributed by atoms with Crippen LogP contribution in [0.2, 0.25) is 5.02 Å². The molecule has 0 amide bonds. The van der Waals surface area contributed by atoms with E-state index in [9.17, 15) is 18.3 Å². The summed E-state index contributed by atoms with van der Waals surface area (Å²) in [5.41, 5.74) is 1.36. The highest BCUT2D eigenvalue weighted by Crippen LogP contribution is 2.42. The highest BCUT2D eigenvalue weighted by atomic mass is 35.5. The molecule has 17 heavy (non-hydrogen) atoms. The zero-order valence-corrected chi connectivity index (χ0v) is 9.64. The number of benzene rings is 1. The van der Waals surface area contributed by atoms with Gasteiger partial charge in [0.15, 0.2) is 0 Å². The molecule has 1 aromatic carbocycles. The van der Waals surface area contributed by atoms with Gasteiger partial charge in [-0.25, -0.2) is 0 Å². The Kier molecular flexibility index (Phi) is 3.91. The van der Waals surface area contributed by atoms with Gasteiger partial charge in [-0.1, -0.05) is 11.6 Å². The lowest BCUT2D eigenvalue weighted by atomic mass is 9.92. The topological polar surface area (TPSA) is 55.5 Å². The summed E-state index contributed by atoms with van der Waals surface area (Å²) in [6.45, 7) is -1.02. The van der Waals surface area contributed by atoms with Gasteiger partial charge in [-0.05, 0) is 18.2 Å². The van der Waals surface area contributed by atoms with Crippen LogP contribution in [0.4, 0.5) is 13.2 Å². The maximum absolute atomic E-state index is 12.8. The van der Waals surface area contributed by atoms with E-state index in [1.165, 1.54) is 19.2 Å². The van der Waals surface area contributed by atoms with Gasteiger partial charge in [-0.3, -0.25) is 0 Å². The SMILES string of the molecule is COc1ccc(Cl)cc1C(O)(CN)C(F)(F)F. The van der Waals surface area contributed by atoms with Gasteiger partial charge in [0.25, 0.3) is 0 Å². The number of hydrogen-bond acceptors (Lipinski definition) is 3. The largest absolute Gasteiger partial charge is 0.496 e. The number of rotatable bonds is 3. The van der Waals surface area contributed by atoms with Gasteiger partial charge in [-0.15, -0.1) is 0 Å². The predicted octanol–water partition coefficient (Wildman–Crippen LogP) is 2.06. The lowest BCUT2D eigenvalue weighted by Crippen LogP contribution is -2.48. The molecule has 1 aromatic rings. The molecule has 0 aliphatic rings. The molecule has 0 aliphatic carbocycles. The van der Waals surface area contributed by atoms with Crippen LogP contribution in [0.3, 0.4) is 0 Å². The summed E-state index contributed by atoms with van der Waals surface area (Å²) >= 11 is 5.61. The number of ether oxygens (including phenoxy) is 1. The highest BCUT2D eigenvalue weighted by Gasteiger charge is 2.55. The molecule has 7 heteroatoms. The molecule has 1 unspecified atom stereocenters. The quantitative estimate of drug-likeness (QED) is 0.883. The van der Waals surface area contributed by atoms with Gasteiger partial charge in [0.1, 0.15) is 5.75 Å². The Balaban J connectivity index is 3.43. The van der Waals surface area contributed by atoms with Crippen molar-refractivity contribution < 1.29 is 23.0 Å². The van der Waals surface area contributed by atoms with Crippen molar-refractivity contribution in [3.05, 3.63) is 28.8 Å². The lowest BCUT2D eigenvalue weighted by molar-refractivity contribution is -0.262. The van der Waals surface area contributed by atoms with E-state index in [4.69, 9.17) is 22.1 Å². The summed E-state index contributed by atoms with van der Waals surface area (Å²) < 4.78 is 43.2. The third-order valence-corrected chi connectivity index (χ3v) is 2.61. The Morgan fingerprint density at radius 2 is 2.00 bits per heavy atom. The monoisotopic (exact) mass is 269 g/mol. The van der Waals surface area contributed by atoms with Crippen molar-refractivity contribution in [1.29, 1.82) is 0 Å². The molecule has 0 bridgehead atoms. The van der Waals surface area contributed by atoms with Gasteiger partial charge >= 0.3 is 6.18 Å². The molecule has 96 valence electrons. The molecule has 0 aliphatic heterocycles. The van der Waals surface area contributed by atoms with Crippen molar-refractivity contribution >= 4 is 11.6 Å². The molecule has 3 N–H and O–H groups in total. The van der Waals surface area contributed by atoms with Crippen LogP contribution in [-0.4, -0.2) is 24.9 Å². The fourth-order valence-electron chi connectivity index (χ4n) is 1.38. The summed E-state index contributed by atoms with van der Waals surface area (Å²) in [4.78, 5) is 0. The van der Waals surface area contributed by atoms with Crippen molar-refractivity contribution in [2.24, 2.45) is 5.73 Å². The van der Waals surface area contributed by atoms with E-state index < -0.39 is 23.9 Å². The van der Waals surface area contributed by atoms with Crippen LogP contribution in [0.5, 0.6) is 5.75 Å². The van der Waals surface area contributed by atoms with Crippen molar-refractivity contribution in [2.75, 3.05) is 13.7 Å². The number of aliphatic hydroxyl groups is 1. The van der Waals surface area contributed by atoms with Crippen molar-refractivity contribution in [1.82, 2.24) is 0 Å². The minimum absolute atomic E-state index is 0.0527. The maximum Gasteiger partial charge on any atom is 0.422 e. The Morgan fingerprint density at radius 3 is 2.41 bits per heavy atom. The first-order valence-corrected chi connectivity index (χ1v) is 4.97. The summed E-state index contributed by atoms with van der Waals surface area (Å²) in [6, 6.07) is 3.59. The van der Waals surface area contributed by atoms with Crippen LogP contribution in [-0.2, 0) is 5.60 Å². The van der Waals surface area contributed by atoms with Gasteiger partial charge in [-0.2, -0.15) is 13.2 Å². The lowest BCUT2D eigenvalue weighted by Gasteiger charge is -2.30. The van der Waals surface area contributed by atoms with E-state index >= 15 is 0 Å². The zero-order chi connectivity index (χ0) is 13.3. The second-order valence-electron chi connectivity index (χ2n) is 3.41. The highest BCUT2D eigenvalue weighted by molar-refractivity contribution is 6.30. The number of halogens is 4. The van der Waals surface area contributed by atoms with Gasteiger partial charge in [0.05, 0.1) is 7.11 Å². The first-order valence-electron chi connectivity index (χ1n) is 4.59. The second kappa shape index (κ2) is 4.72. The molecule has 0 fully saturated rings. The van der Waals surface area contributed by atoms with Gasteiger partial charge < -0.3 is 15.6 Å². The summed E-state index contributed by atoms with van der Waals surface area (Å²) in [5, 5.41) is 9.73. The first kappa shape index (κ1) is 14.1. The molecule has 0 aromatic heterocycles. The van der Waals surface area contributed by atoms with Crippen LogP contribution in [0.1, 0.15) is 5.56 Å². The molecule has 1 rings (SSSR count). The smallest absolute Gasteiger partial charge is 0.422 e. The van der Waals surface area contributed by atoms with E-state index in [0.29, 0.717) is 0 Å². The predicted molar refractivity (Wildman–Crippen MR) is 57.0 cm³/mol. The second-order valence-corrected chi connectivity index (χ2v) is 3.84. The standard InChI is InChI=1S/C10H11ClF3NO2/c1-17-8-3-2-6(11)4-7(8)9(16,5-15)10(12,13)14/h2-4,16H,5,15H2,1H3. The Bertz CT molecular complexity index is 411. The van der Waals surface area contributed by atoms with Crippen LogP contribution >= 0.6 is 11.6 Å². The molecular weight excluding hydrogens is 259 g/mol.